The van der Waals surface area contributed by atoms with E-state index in [0.29, 0.717) is 23.8 Å². The van der Waals surface area contributed by atoms with Gasteiger partial charge >= 0.3 is 0 Å². The third-order valence-electron chi connectivity index (χ3n) is 3.93. The zero-order valence-corrected chi connectivity index (χ0v) is 15.9. The molecular formula is C20H20N4O2S. The van der Waals surface area contributed by atoms with Crippen molar-refractivity contribution >= 4 is 29.7 Å². The van der Waals surface area contributed by atoms with Gasteiger partial charge in [0.2, 0.25) is 6.41 Å². The summed E-state index contributed by atoms with van der Waals surface area (Å²) in [7, 11) is 1.64. The molecule has 138 valence electrons. The summed E-state index contributed by atoms with van der Waals surface area (Å²) in [4.78, 5) is 23.7. The van der Waals surface area contributed by atoms with Gasteiger partial charge in [-0.15, -0.1) is 0 Å². The Kier molecular flexibility index (Phi) is 5.93. The Morgan fingerprint density at radius 1 is 1.22 bits per heavy atom. The highest BCUT2D eigenvalue weighted by Crippen LogP contribution is 2.36. The fraction of sp³-hybridized carbons (Fsp3) is 0.150. The smallest absolute Gasteiger partial charge is 0.214 e. The van der Waals surface area contributed by atoms with Crippen molar-refractivity contribution in [1.82, 2.24) is 9.97 Å². The molecule has 2 aromatic carbocycles. The Balaban J connectivity index is 1.89. The van der Waals surface area contributed by atoms with Gasteiger partial charge in [0.25, 0.3) is 0 Å². The van der Waals surface area contributed by atoms with Crippen LogP contribution in [0.2, 0.25) is 0 Å². The van der Waals surface area contributed by atoms with E-state index in [4.69, 9.17) is 10.5 Å². The van der Waals surface area contributed by atoms with Crippen LogP contribution in [0.4, 0.5) is 11.5 Å². The molecule has 0 aliphatic rings. The van der Waals surface area contributed by atoms with Gasteiger partial charge in [0, 0.05) is 21.6 Å². The van der Waals surface area contributed by atoms with Gasteiger partial charge in [0.15, 0.2) is 0 Å². The first kappa shape index (κ1) is 18.7. The molecule has 0 aliphatic heterocycles. The lowest BCUT2D eigenvalue weighted by molar-refractivity contribution is -0.107. The second-order valence-electron chi connectivity index (χ2n) is 5.81. The van der Waals surface area contributed by atoms with E-state index in [1.54, 1.807) is 36.9 Å². The zero-order valence-electron chi connectivity index (χ0n) is 15.1. The lowest BCUT2D eigenvalue weighted by Gasteiger charge is -2.21. The number of aryl methyl sites for hydroxylation is 1. The van der Waals surface area contributed by atoms with Crippen LogP contribution in [0.5, 0.6) is 5.75 Å². The maximum absolute atomic E-state index is 11.8. The predicted molar refractivity (Wildman–Crippen MR) is 107 cm³/mol. The van der Waals surface area contributed by atoms with Crippen molar-refractivity contribution in [2.24, 2.45) is 0 Å². The van der Waals surface area contributed by atoms with E-state index in [1.807, 2.05) is 48.5 Å². The summed E-state index contributed by atoms with van der Waals surface area (Å²) >= 11 is 1.56. The van der Waals surface area contributed by atoms with Crippen molar-refractivity contribution in [3.05, 3.63) is 66.1 Å². The SMILES string of the molecule is COc1cccc(Sc2ccccc2N(C=O)Cc2cnc(C)nc2N)c1. The van der Waals surface area contributed by atoms with E-state index in [0.717, 1.165) is 27.6 Å². The Hall–Kier alpha value is -3.06. The second kappa shape index (κ2) is 8.55. The molecule has 3 aromatic rings. The van der Waals surface area contributed by atoms with Crippen molar-refractivity contribution in [2.45, 2.75) is 23.3 Å². The maximum Gasteiger partial charge on any atom is 0.214 e. The maximum atomic E-state index is 11.8. The number of nitrogens with two attached hydrogens (primary N) is 1. The average Bonchev–Trinajstić information content (AvgIpc) is 2.68. The van der Waals surface area contributed by atoms with Crippen LogP contribution in [-0.4, -0.2) is 23.5 Å². The molecule has 6 nitrogen and oxygen atoms in total. The summed E-state index contributed by atoms with van der Waals surface area (Å²) in [6, 6.07) is 15.5. The van der Waals surface area contributed by atoms with Crippen molar-refractivity contribution in [2.75, 3.05) is 17.7 Å². The summed E-state index contributed by atoms with van der Waals surface area (Å²) in [5.74, 6) is 1.77. The normalized spacial score (nSPS) is 10.4. The molecule has 2 N–H and O–H groups in total. The number of carbonyl (C=O) groups excluding carboxylic acids is 1. The number of hydrogen-bond donors (Lipinski definition) is 1. The highest BCUT2D eigenvalue weighted by atomic mass is 32.2. The van der Waals surface area contributed by atoms with E-state index in [2.05, 4.69) is 9.97 Å². The van der Waals surface area contributed by atoms with Gasteiger partial charge in [-0.05, 0) is 37.3 Å². The molecule has 27 heavy (non-hydrogen) atoms. The van der Waals surface area contributed by atoms with E-state index in [-0.39, 0.29) is 0 Å². The molecule has 0 saturated heterocycles. The first-order valence-corrected chi connectivity index (χ1v) is 9.13. The van der Waals surface area contributed by atoms with Crippen molar-refractivity contribution in [1.29, 1.82) is 0 Å². The molecule has 0 atom stereocenters. The third kappa shape index (κ3) is 4.57. The number of carbonyl (C=O) groups is 1. The van der Waals surface area contributed by atoms with Gasteiger partial charge < -0.3 is 15.4 Å². The standard InChI is InChI=1S/C20H20N4O2S/c1-14-22-11-15(20(21)23-14)12-24(13-25)18-8-3-4-9-19(18)27-17-7-5-6-16(10-17)26-2/h3-11,13H,12H2,1-2H3,(H2,21,22,23). The van der Waals surface area contributed by atoms with Crippen LogP contribution in [0, 0.1) is 6.92 Å². The molecule has 3 rings (SSSR count). The molecule has 1 amide bonds. The number of anilines is 2. The molecule has 0 radical (unpaired) electrons. The molecule has 7 heteroatoms. The van der Waals surface area contributed by atoms with Crippen LogP contribution in [0.1, 0.15) is 11.4 Å². The molecule has 1 aromatic heterocycles. The van der Waals surface area contributed by atoms with E-state index >= 15 is 0 Å². The van der Waals surface area contributed by atoms with Crippen molar-refractivity contribution in [3.8, 4) is 5.75 Å². The number of aromatic nitrogens is 2. The average molecular weight is 380 g/mol. The zero-order chi connectivity index (χ0) is 19.2. The summed E-state index contributed by atoms with van der Waals surface area (Å²) in [6.45, 7) is 2.07. The Morgan fingerprint density at radius 2 is 2.04 bits per heavy atom. The molecule has 1 heterocycles. The number of benzene rings is 2. The van der Waals surface area contributed by atoms with Crippen LogP contribution in [-0.2, 0) is 11.3 Å². The van der Waals surface area contributed by atoms with Crippen LogP contribution in [0.15, 0.2) is 64.5 Å². The van der Waals surface area contributed by atoms with Crippen LogP contribution < -0.4 is 15.4 Å². The third-order valence-corrected chi connectivity index (χ3v) is 4.98. The predicted octanol–water partition coefficient (Wildman–Crippen LogP) is 3.69. The minimum Gasteiger partial charge on any atom is -0.497 e. The van der Waals surface area contributed by atoms with Crippen LogP contribution in [0.3, 0.4) is 0 Å². The first-order chi connectivity index (χ1) is 13.1. The summed E-state index contributed by atoms with van der Waals surface area (Å²) < 4.78 is 5.29. The van der Waals surface area contributed by atoms with E-state index in [9.17, 15) is 4.79 Å². The molecule has 0 fully saturated rings. The molecule has 0 bridgehead atoms. The number of ether oxygens (including phenoxy) is 1. The summed E-state index contributed by atoms with van der Waals surface area (Å²) in [5.41, 5.74) is 7.48. The minimum atomic E-state index is 0.297. The lowest BCUT2D eigenvalue weighted by Crippen LogP contribution is -2.22. The number of rotatable bonds is 7. The summed E-state index contributed by atoms with van der Waals surface area (Å²) in [5, 5.41) is 0. The van der Waals surface area contributed by atoms with Gasteiger partial charge in [-0.3, -0.25) is 4.79 Å². The highest BCUT2D eigenvalue weighted by molar-refractivity contribution is 7.99. The Bertz CT molecular complexity index is 949. The quantitative estimate of drug-likeness (QED) is 0.630. The number of nitrogen functional groups attached to an aromatic ring is 1. The Labute approximate surface area is 162 Å². The van der Waals surface area contributed by atoms with E-state index < -0.39 is 0 Å². The van der Waals surface area contributed by atoms with Crippen molar-refractivity contribution < 1.29 is 9.53 Å². The highest BCUT2D eigenvalue weighted by Gasteiger charge is 2.14. The lowest BCUT2D eigenvalue weighted by atomic mass is 10.2. The molecular weight excluding hydrogens is 360 g/mol. The first-order valence-electron chi connectivity index (χ1n) is 8.31. The van der Waals surface area contributed by atoms with Gasteiger partial charge in [0.05, 0.1) is 19.3 Å². The molecule has 0 aliphatic carbocycles. The number of hydrogen-bond acceptors (Lipinski definition) is 6. The summed E-state index contributed by atoms with van der Waals surface area (Å²) in [6.07, 6.45) is 2.45. The Morgan fingerprint density at radius 3 is 2.78 bits per heavy atom. The van der Waals surface area contributed by atoms with Gasteiger partial charge in [-0.1, -0.05) is 30.0 Å². The largest absolute Gasteiger partial charge is 0.497 e. The van der Waals surface area contributed by atoms with Gasteiger partial charge in [0.1, 0.15) is 17.4 Å². The molecule has 0 unspecified atom stereocenters. The van der Waals surface area contributed by atoms with Crippen molar-refractivity contribution in [3.63, 3.8) is 0 Å². The molecule has 0 spiro atoms. The van der Waals surface area contributed by atoms with Gasteiger partial charge in [-0.25, -0.2) is 9.97 Å². The number of nitrogens with zero attached hydrogens (tertiary/aromatic N) is 3. The molecule has 0 saturated carbocycles. The van der Waals surface area contributed by atoms with E-state index in [1.165, 1.54) is 0 Å². The minimum absolute atomic E-state index is 0.297. The number of methoxy groups -OCH3 is 1. The fourth-order valence-electron chi connectivity index (χ4n) is 2.57. The van der Waals surface area contributed by atoms with Crippen LogP contribution in [0.25, 0.3) is 0 Å². The fourth-order valence-corrected chi connectivity index (χ4v) is 3.58. The topological polar surface area (TPSA) is 81.3 Å². The monoisotopic (exact) mass is 380 g/mol. The van der Waals surface area contributed by atoms with Crippen LogP contribution >= 0.6 is 11.8 Å². The van der Waals surface area contributed by atoms with Gasteiger partial charge in [-0.2, -0.15) is 0 Å². The number of amides is 1. The second-order valence-corrected chi connectivity index (χ2v) is 6.93. The number of para-hydroxylation sites is 1.